The molecule has 1 heterocycles. The van der Waals surface area contributed by atoms with Crippen molar-refractivity contribution in [1.82, 2.24) is 4.98 Å². The summed E-state index contributed by atoms with van der Waals surface area (Å²) in [4.78, 5) is 4.41. The molecule has 0 fully saturated rings. The van der Waals surface area contributed by atoms with Gasteiger partial charge in [-0.25, -0.2) is 0 Å². The summed E-state index contributed by atoms with van der Waals surface area (Å²) in [5.74, 6) is 0. The monoisotopic (exact) mass is 865 g/mol. The minimum absolute atomic E-state index is 1.02. The summed E-state index contributed by atoms with van der Waals surface area (Å²) < 4.78 is 0. The molecular weight excluding hydrogens is 819 g/mol. The largest absolute Gasteiger partial charge is 0.264 e. The van der Waals surface area contributed by atoms with E-state index in [1.165, 1.54) is 111 Å². The predicted molar refractivity (Wildman–Crippen MR) is 289 cm³/mol. The Labute approximate surface area is 398 Å². The Bertz CT molecular complexity index is 3620. The second-order valence-electron chi connectivity index (χ2n) is 17.7. The molecule has 0 aliphatic heterocycles. The Morgan fingerprint density at radius 2 is 0.735 bits per heavy atom. The van der Waals surface area contributed by atoms with Gasteiger partial charge < -0.3 is 0 Å². The normalized spacial score (nSPS) is 12.3. The topological polar surface area (TPSA) is 12.9 Å². The van der Waals surface area contributed by atoms with Gasteiger partial charge in [-0.1, -0.05) is 224 Å². The Hall–Kier alpha value is -8.65. The molecule has 0 amide bonds. The van der Waals surface area contributed by atoms with Crippen LogP contribution in [-0.2, 0) is 0 Å². The number of nitrogens with zero attached hydrogens (tertiary/aromatic N) is 1. The number of hydrogen-bond acceptors (Lipinski definition) is 1. The maximum Gasteiger partial charge on any atom is 0.0346 e. The van der Waals surface area contributed by atoms with Crippen molar-refractivity contribution in [2.45, 2.75) is 12.8 Å². The number of aromatic nitrogens is 1. The number of pyridine rings is 1. The van der Waals surface area contributed by atoms with Gasteiger partial charge in [-0.2, -0.15) is 0 Å². The van der Waals surface area contributed by atoms with E-state index >= 15 is 0 Å². The first-order valence-electron chi connectivity index (χ1n) is 23.7. The van der Waals surface area contributed by atoms with Crippen LogP contribution in [0.25, 0.3) is 116 Å². The van der Waals surface area contributed by atoms with E-state index in [9.17, 15) is 0 Å². The Morgan fingerprint density at radius 3 is 1.32 bits per heavy atom. The minimum Gasteiger partial charge on any atom is -0.264 e. The van der Waals surface area contributed by atoms with E-state index in [1.807, 2.05) is 18.5 Å². The van der Waals surface area contributed by atoms with Gasteiger partial charge in [-0.05, 0) is 153 Å². The lowest BCUT2D eigenvalue weighted by molar-refractivity contribution is 1.04. The van der Waals surface area contributed by atoms with E-state index in [0.29, 0.717) is 0 Å². The van der Waals surface area contributed by atoms with Gasteiger partial charge in [0.2, 0.25) is 0 Å². The molecule has 1 nitrogen and oxygen atoms in total. The molecule has 1 aliphatic carbocycles. The average Bonchev–Trinajstić information content (AvgIpc) is 3.43. The summed E-state index contributed by atoms with van der Waals surface area (Å²) in [6, 6.07) is 84.6. The number of fused-ring (bicyclic) bond motifs is 2. The van der Waals surface area contributed by atoms with Crippen LogP contribution in [0.5, 0.6) is 0 Å². The second-order valence-corrected chi connectivity index (χ2v) is 17.7. The SMILES string of the molecule is C1=CC(c2c(-c3ccccc3)cc(-c3cccc(-c4ccc(-c5c6ccccc6c(-c6cccc(-c7cccnc7)c6)c6ccccc56)cc4)c3)c(-c3ccccc3)c2-c2ccccc2)=CCC1. The number of allylic oxidation sites excluding steroid dienone is 4. The standard InChI is InChI=1S/C67H47N/c1-5-20-47(21-6-1)61-44-62(66(49-24-9-3-10-25-49)67(50-26-11-4-12-27-50)65(61)48-22-7-2-8-23-48)54-30-17-28-52(42-54)46-37-39-51(40-38-46)63-57-33-13-15-35-59(57)64(60-36-16-14-34-58(60)63)55-31-18-29-53(43-55)56-32-19-41-68-45-56/h1,3-7,9-45H,2,8H2. The number of rotatable bonds is 9. The molecule has 0 saturated heterocycles. The maximum atomic E-state index is 4.41. The van der Waals surface area contributed by atoms with Crippen molar-refractivity contribution in [2.75, 3.05) is 0 Å². The molecule has 1 aliphatic rings. The fourth-order valence-corrected chi connectivity index (χ4v) is 10.5. The van der Waals surface area contributed by atoms with Gasteiger partial charge in [0.1, 0.15) is 0 Å². The van der Waals surface area contributed by atoms with Gasteiger partial charge in [0.15, 0.2) is 0 Å². The zero-order valence-corrected chi connectivity index (χ0v) is 37.7. The zero-order chi connectivity index (χ0) is 45.2. The first-order valence-corrected chi connectivity index (χ1v) is 23.7. The molecule has 0 saturated carbocycles. The summed E-state index contributed by atoms with van der Waals surface area (Å²) in [6.45, 7) is 0. The molecule has 10 aromatic carbocycles. The van der Waals surface area contributed by atoms with E-state index in [0.717, 1.165) is 24.0 Å². The van der Waals surface area contributed by atoms with Crippen LogP contribution in [0.2, 0.25) is 0 Å². The van der Waals surface area contributed by atoms with Gasteiger partial charge in [0.05, 0.1) is 0 Å². The summed E-state index contributed by atoms with van der Waals surface area (Å²) in [6.07, 6.45) is 12.9. The zero-order valence-electron chi connectivity index (χ0n) is 37.7. The molecule has 1 aromatic heterocycles. The van der Waals surface area contributed by atoms with Crippen molar-refractivity contribution >= 4 is 27.1 Å². The third-order valence-corrected chi connectivity index (χ3v) is 13.6. The second kappa shape index (κ2) is 18.0. The van der Waals surface area contributed by atoms with Crippen LogP contribution in [-0.4, -0.2) is 4.98 Å². The third kappa shape index (κ3) is 7.55. The van der Waals surface area contributed by atoms with E-state index in [1.54, 1.807) is 0 Å². The van der Waals surface area contributed by atoms with Crippen molar-refractivity contribution in [3.63, 3.8) is 0 Å². The molecule has 0 N–H and O–H groups in total. The van der Waals surface area contributed by atoms with Crippen molar-refractivity contribution in [2.24, 2.45) is 0 Å². The molecule has 0 bridgehead atoms. The van der Waals surface area contributed by atoms with Crippen molar-refractivity contribution < 1.29 is 0 Å². The molecule has 1 heteroatoms. The highest BCUT2D eigenvalue weighted by molar-refractivity contribution is 6.21. The van der Waals surface area contributed by atoms with Gasteiger partial charge >= 0.3 is 0 Å². The lowest BCUT2D eigenvalue weighted by Crippen LogP contribution is -2.01. The van der Waals surface area contributed by atoms with Crippen molar-refractivity contribution in [1.29, 1.82) is 0 Å². The lowest BCUT2D eigenvalue weighted by atomic mass is 9.78. The third-order valence-electron chi connectivity index (χ3n) is 13.6. The van der Waals surface area contributed by atoms with E-state index in [-0.39, 0.29) is 0 Å². The smallest absolute Gasteiger partial charge is 0.0346 e. The van der Waals surface area contributed by atoms with Gasteiger partial charge in [0, 0.05) is 18.0 Å². The van der Waals surface area contributed by atoms with Crippen LogP contribution in [0, 0.1) is 0 Å². The quantitative estimate of drug-likeness (QED) is 0.132. The summed E-state index contributed by atoms with van der Waals surface area (Å²) in [7, 11) is 0. The van der Waals surface area contributed by atoms with Crippen LogP contribution in [0.4, 0.5) is 0 Å². The molecule has 0 unspecified atom stereocenters. The van der Waals surface area contributed by atoms with E-state index in [2.05, 4.69) is 248 Å². The fourth-order valence-electron chi connectivity index (χ4n) is 10.5. The van der Waals surface area contributed by atoms with Crippen molar-refractivity contribution in [3.05, 3.63) is 267 Å². The highest BCUT2D eigenvalue weighted by Gasteiger charge is 2.25. The Morgan fingerprint density at radius 1 is 0.279 bits per heavy atom. The molecule has 0 radical (unpaired) electrons. The Kier molecular flexibility index (Phi) is 10.8. The first kappa shape index (κ1) is 40.8. The highest BCUT2D eigenvalue weighted by Crippen LogP contribution is 2.50. The molecule has 68 heavy (non-hydrogen) atoms. The van der Waals surface area contributed by atoms with Crippen LogP contribution >= 0.6 is 0 Å². The van der Waals surface area contributed by atoms with Gasteiger partial charge in [-0.3, -0.25) is 4.98 Å². The average molecular weight is 866 g/mol. The molecule has 11 aromatic rings. The van der Waals surface area contributed by atoms with E-state index in [4.69, 9.17) is 0 Å². The van der Waals surface area contributed by atoms with Crippen LogP contribution in [0.3, 0.4) is 0 Å². The number of hydrogen-bond donors (Lipinski definition) is 0. The van der Waals surface area contributed by atoms with Gasteiger partial charge in [-0.15, -0.1) is 0 Å². The minimum atomic E-state index is 1.02. The van der Waals surface area contributed by atoms with Crippen LogP contribution in [0.15, 0.2) is 261 Å². The summed E-state index contributed by atoms with van der Waals surface area (Å²) >= 11 is 0. The maximum absolute atomic E-state index is 4.41. The van der Waals surface area contributed by atoms with Crippen LogP contribution in [0.1, 0.15) is 18.4 Å². The predicted octanol–water partition coefficient (Wildman–Crippen LogP) is 18.5. The van der Waals surface area contributed by atoms with Gasteiger partial charge in [0.25, 0.3) is 0 Å². The number of benzene rings is 10. The van der Waals surface area contributed by atoms with Crippen LogP contribution < -0.4 is 0 Å². The lowest BCUT2D eigenvalue weighted by Gasteiger charge is -2.25. The fraction of sp³-hybridized carbons (Fsp3) is 0.0299. The van der Waals surface area contributed by atoms with E-state index < -0.39 is 0 Å². The molecule has 12 rings (SSSR count). The molecule has 0 atom stereocenters. The molecule has 320 valence electrons. The molecular formula is C67H47N. The summed E-state index contributed by atoms with van der Waals surface area (Å²) in [5.41, 5.74) is 21.8. The van der Waals surface area contributed by atoms with Crippen molar-refractivity contribution in [3.8, 4) is 89.0 Å². The first-order chi connectivity index (χ1) is 33.8. The highest BCUT2D eigenvalue weighted by atomic mass is 14.6. The molecule has 0 spiro atoms. The Balaban J connectivity index is 1.01. The summed E-state index contributed by atoms with van der Waals surface area (Å²) in [5, 5.41) is 4.95.